The number of ether oxygens (including phenoxy) is 2. The highest BCUT2D eigenvalue weighted by Gasteiger charge is 2.40. The standard InChI is InChI=1S/C27H36ClNO2S2/c1-29(20-26(13-4-14-26)22-9-12-24(30-2)25(19-22)31-3)16-5-15-27(32-17-6-18-33-27)21-7-10-23(28)11-8-21/h7-12,19H,4-6,13-18,20H2,1-3H3. The average molecular weight is 506 g/mol. The predicted octanol–water partition coefficient (Wildman–Crippen LogP) is 7.21. The Balaban J connectivity index is 1.39. The summed E-state index contributed by atoms with van der Waals surface area (Å²) in [6.45, 7) is 2.21. The zero-order valence-corrected chi connectivity index (χ0v) is 22.5. The summed E-state index contributed by atoms with van der Waals surface area (Å²) in [6, 6.07) is 15.0. The van der Waals surface area contributed by atoms with Crippen LogP contribution in [-0.4, -0.2) is 50.8 Å². The van der Waals surface area contributed by atoms with E-state index in [1.807, 2.05) is 12.1 Å². The number of hydrogen-bond acceptors (Lipinski definition) is 5. The Labute approximate surface area is 212 Å². The summed E-state index contributed by atoms with van der Waals surface area (Å²) in [5.41, 5.74) is 3.04. The Morgan fingerprint density at radius 1 is 0.909 bits per heavy atom. The molecule has 4 rings (SSSR count). The third-order valence-electron chi connectivity index (χ3n) is 7.17. The number of benzene rings is 2. The highest BCUT2D eigenvalue weighted by atomic mass is 35.5. The number of likely N-dealkylation sites (N-methyl/N-ethyl adjacent to an activating group) is 1. The lowest BCUT2D eigenvalue weighted by Crippen LogP contribution is -2.44. The van der Waals surface area contributed by atoms with Crippen molar-refractivity contribution in [2.45, 2.75) is 48.0 Å². The molecule has 3 nitrogen and oxygen atoms in total. The van der Waals surface area contributed by atoms with Gasteiger partial charge in [-0.2, -0.15) is 0 Å². The maximum atomic E-state index is 6.17. The monoisotopic (exact) mass is 505 g/mol. The first-order valence-electron chi connectivity index (χ1n) is 12.0. The van der Waals surface area contributed by atoms with Crippen molar-refractivity contribution in [3.05, 3.63) is 58.6 Å². The van der Waals surface area contributed by atoms with E-state index < -0.39 is 0 Å². The molecule has 0 amide bonds. The molecule has 2 aromatic carbocycles. The van der Waals surface area contributed by atoms with Crippen LogP contribution in [0.3, 0.4) is 0 Å². The minimum atomic E-state index is 0.168. The van der Waals surface area contributed by atoms with Gasteiger partial charge in [0.2, 0.25) is 0 Å². The number of hydrogen-bond donors (Lipinski definition) is 0. The summed E-state index contributed by atoms with van der Waals surface area (Å²) in [4.78, 5) is 2.55. The summed E-state index contributed by atoms with van der Waals surface area (Å²) in [5.74, 6) is 4.13. The molecule has 0 radical (unpaired) electrons. The second kappa shape index (κ2) is 11.2. The summed E-state index contributed by atoms with van der Waals surface area (Å²) in [5, 5.41) is 0.820. The van der Waals surface area contributed by atoms with Crippen LogP contribution < -0.4 is 9.47 Å². The summed E-state index contributed by atoms with van der Waals surface area (Å²) >= 11 is 10.4. The van der Waals surface area contributed by atoms with Crippen LogP contribution >= 0.6 is 35.1 Å². The molecule has 2 fully saturated rings. The summed E-state index contributed by atoms with van der Waals surface area (Å²) in [6.07, 6.45) is 7.48. The van der Waals surface area contributed by atoms with Crippen LogP contribution in [0.25, 0.3) is 0 Å². The molecule has 2 aromatic rings. The van der Waals surface area contributed by atoms with Crippen LogP contribution in [0.15, 0.2) is 42.5 Å². The van der Waals surface area contributed by atoms with Crippen LogP contribution in [0.4, 0.5) is 0 Å². The molecule has 0 aromatic heterocycles. The molecule has 0 unspecified atom stereocenters. The Bertz CT molecular complexity index is 911. The lowest BCUT2D eigenvalue weighted by atomic mass is 9.64. The van der Waals surface area contributed by atoms with E-state index in [-0.39, 0.29) is 9.49 Å². The number of halogens is 1. The fourth-order valence-corrected chi connectivity index (χ4v) is 8.78. The molecule has 0 atom stereocenters. The molecule has 0 bridgehead atoms. The van der Waals surface area contributed by atoms with Gasteiger partial charge in [0.1, 0.15) is 0 Å². The quantitative estimate of drug-likeness (QED) is 0.339. The molecule has 6 heteroatoms. The van der Waals surface area contributed by atoms with Gasteiger partial charge in [-0.1, -0.05) is 36.2 Å². The number of nitrogens with zero attached hydrogens (tertiary/aromatic N) is 1. The van der Waals surface area contributed by atoms with E-state index in [0.29, 0.717) is 0 Å². The second-order valence-electron chi connectivity index (χ2n) is 9.36. The minimum absolute atomic E-state index is 0.168. The van der Waals surface area contributed by atoms with E-state index in [1.54, 1.807) is 14.2 Å². The van der Waals surface area contributed by atoms with E-state index in [4.69, 9.17) is 21.1 Å². The lowest BCUT2D eigenvalue weighted by Gasteiger charge is -2.45. The third kappa shape index (κ3) is 5.63. The van der Waals surface area contributed by atoms with E-state index in [0.717, 1.165) is 29.6 Å². The molecule has 1 aliphatic carbocycles. The van der Waals surface area contributed by atoms with Crippen LogP contribution in [0, 0.1) is 0 Å². The van der Waals surface area contributed by atoms with Crippen LogP contribution in [0.1, 0.15) is 49.7 Å². The van der Waals surface area contributed by atoms with Gasteiger partial charge in [0.15, 0.2) is 11.5 Å². The Morgan fingerprint density at radius 3 is 2.18 bits per heavy atom. The van der Waals surface area contributed by atoms with Crippen molar-refractivity contribution in [3.63, 3.8) is 0 Å². The van der Waals surface area contributed by atoms with Crippen molar-refractivity contribution in [3.8, 4) is 11.5 Å². The van der Waals surface area contributed by atoms with Gasteiger partial charge in [0.05, 0.1) is 18.3 Å². The van der Waals surface area contributed by atoms with Gasteiger partial charge in [-0.25, -0.2) is 0 Å². The average Bonchev–Trinajstić information content (AvgIpc) is 2.82. The molecule has 1 aliphatic heterocycles. The first-order chi connectivity index (χ1) is 16.0. The molecule has 2 aliphatic rings. The third-order valence-corrected chi connectivity index (χ3v) is 10.9. The van der Waals surface area contributed by atoms with Gasteiger partial charge < -0.3 is 14.4 Å². The van der Waals surface area contributed by atoms with Crippen molar-refractivity contribution in [1.29, 1.82) is 0 Å². The molecule has 1 heterocycles. The van der Waals surface area contributed by atoms with E-state index in [9.17, 15) is 0 Å². The normalized spacial score (nSPS) is 19.2. The Kier molecular flexibility index (Phi) is 8.48. The number of methoxy groups -OCH3 is 2. The minimum Gasteiger partial charge on any atom is -0.493 e. The molecule has 1 saturated heterocycles. The zero-order chi connectivity index (χ0) is 23.3. The van der Waals surface area contributed by atoms with Crippen molar-refractivity contribution in [2.24, 2.45) is 0 Å². The fraction of sp³-hybridized carbons (Fsp3) is 0.556. The van der Waals surface area contributed by atoms with Crippen molar-refractivity contribution in [1.82, 2.24) is 4.90 Å². The van der Waals surface area contributed by atoms with Gasteiger partial charge in [-0.05, 0) is 92.6 Å². The molecule has 33 heavy (non-hydrogen) atoms. The molecule has 0 N–H and O–H groups in total. The second-order valence-corrected chi connectivity index (χ2v) is 12.8. The Hall–Kier alpha value is -1.01. The molecular formula is C27H36ClNO2S2. The van der Waals surface area contributed by atoms with Gasteiger partial charge in [0, 0.05) is 17.0 Å². The zero-order valence-electron chi connectivity index (χ0n) is 20.1. The maximum absolute atomic E-state index is 6.17. The largest absolute Gasteiger partial charge is 0.493 e. The van der Waals surface area contributed by atoms with Crippen molar-refractivity contribution < 1.29 is 9.47 Å². The van der Waals surface area contributed by atoms with Gasteiger partial charge >= 0.3 is 0 Å². The smallest absolute Gasteiger partial charge is 0.161 e. The molecule has 180 valence electrons. The van der Waals surface area contributed by atoms with Crippen LogP contribution in [0.2, 0.25) is 5.02 Å². The molecular weight excluding hydrogens is 470 g/mol. The van der Waals surface area contributed by atoms with E-state index in [1.165, 1.54) is 61.2 Å². The van der Waals surface area contributed by atoms with E-state index >= 15 is 0 Å². The SMILES string of the molecule is COc1ccc(C2(CN(C)CCCC3(c4ccc(Cl)cc4)SCCCS3)CCC2)cc1OC. The fourth-order valence-electron chi connectivity index (χ4n) is 5.22. The van der Waals surface area contributed by atoms with Crippen molar-refractivity contribution >= 4 is 35.1 Å². The van der Waals surface area contributed by atoms with Gasteiger partial charge in [-0.3, -0.25) is 0 Å². The maximum Gasteiger partial charge on any atom is 0.161 e. The predicted molar refractivity (Wildman–Crippen MR) is 144 cm³/mol. The topological polar surface area (TPSA) is 21.7 Å². The first kappa shape index (κ1) is 25.1. The summed E-state index contributed by atoms with van der Waals surface area (Å²) < 4.78 is 11.2. The lowest BCUT2D eigenvalue weighted by molar-refractivity contribution is 0.157. The first-order valence-corrected chi connectivity index (χ1v) is 14.3. The number of rotatable bonds is 10. The van der Waals surface area contributed by atoms with Crippen LogP contribution in [-0.2, 0) is 9.49 Å². The highest BCUT2D eigenvalue weighted by molar-refractivity contribution is 8.18. The van der Waals surface area contributed by atoms with E-state index in [2.05, 4.69) is 65.8 Å². The van der Waals surface area contributed by atoms with Gasteiger partial charge in [-0.15, -0.1) is 23.5 Å². The Morgan fingerprint density at radius 2 is 1.58 bits per heavy atom. The summed E-state index contributed by atoms with van der Waals surface area (Å²) in [7, 11) is 5.71. The van der Waals surface area contributed by atoms with Crippen molar-refractivity contribution in [2.75, 3.05) is 45.9 Å². The molecule has 1 saturated carbocycles. The molecule has 0 spiro atoms. The number of thioether (sulfide) groups is 2. The van der Waals surface area contributed by atoms with Crippen LogP contribution in [0.5, 0.6) is 11.5 Å². The highest BCUT2D eigenvalue weighted by Crippen LogP contribution is 2.53. The van der Waals surface area contributed by atoms with Gasteiger partial charge in [0.25, 0.3) is 0 Å².